The van der Waals surface area contributed by atoms with Crippen molar-refractivity contribution in [3.8, 4) is 0 Å². The van der Waals surface area contributed by atoms with Crippen LogP contribution < -0.4 is 5.73 Å². The maximum absolute atomic E-state index is 6.09. The van der Waals surface area contributed by atoms with Crippen molar-refractivity contribution < 1.29 is 0 Å². The van der Waals surface area contributed by atoms with Crippen LogP contribution in [0.15, 0.2) is 36.5 Å². The van der Waals surface area contributed by atoms with E-state index in [1.165, 1.54) is 43.3 Å². The molecule has 21 heavy (non-hydrogen) atoms. The third-order valence-corrected chi connectivity index (χ3v) is 4.90. The van der Waals surface area contributed by atoms with Crippen LogP contribution in [0.4, 0.5) is 0 Å². The standard InChI is InChI=1S/C18H25N3/c1-2-14-7-10-21(11-8-14)18(13-19)16-5-6-17-15(12-16)4-3-9-20-17/h3-6,9,12,14,18H,2,7-8,10-11,13,19H2,1H3. The highest BCUT2D eigenvalue weighted by atomic mass is 15.2. The van der Waals surface area contributed by atoms with Crippen molar-refractivity contribution in [2.75, 3.05) is 19.6 Å². The number of rotatable bonds is 4. The summed E-state index contributed by atoms with van der Waals surface area (Å²) in [5.74, 6) is 0.903. The van der Waals surface area contributed by atoms with Gasteiger partial charge in [0.25, 0.3) is 0 Å². The smallest absolute Gasteiger partial charge is 0.0702 e. The third-order valence-electron chi connectivity index (χ3n) is 4.90. The first-order valence-electron chi connectivity index (χ1n) is 8.10. The highest BCUT2D eigenvalue weighted by Crippen LogP contribution is 2.28. The fourth-order valence-electron chi connectivity index (χ4n) is 3.47. The molecule has 0 saturated carbocycles. The Bertz CT molecular complexity index is 588. The number of nitrogens with zero attached hydrogens (tertiary/aromatic N) is 2. The predicted octanol–water partition coefficient (Wildman–Crippen LogP) is 3.36. The molecule has 112 valence electrons. The lowest BCUT2D eigenvalue weighted by atomic mass is 9.92. The van der Waals surface area contributed by atoms with Crippen LogP contribution in [-0.4, -0.2) is 29.5 Å². The Morgan fingerprint density at radius 3 is 2.81 bits per heavy atom. The molecule has 2 N–H and O–H groups in total. The lowest BCUT2D eigenvalue weighted by Crippen LogP contribution is -2.39. The van der Waals surface area contributed by atoms with E-state index >= 15 is 0 Å². The number of nitrogens with two attached hydrogens (primary N) is 1. The van der Waals surface area contributed by atoms with Gasteiger partial charge in [-0.15, -0.1) is 0 Å². The number of aromatic nitrogens is 1. The lowest BCUT2D eigenvalue weighted by molar-refractivity contribution is 0.134. The summed E-state index contributed by atoms with van der Waals surface area (Å²) < 4.78 is 0. The summed E-state index contributed by atoms with van der Waals surface area (Å²) in [6, 6.07) is 11.0. The molecular weight excluding hydrogens is 258 g/mol. The number of fused-ring (bicyclic) bond motifs is 1. The molecule has 3 heteroatoms. The third kappa shape index (κ3) is 3.09. The number of likely N-dealkylation sites (tertiary alicyclic amines) is 1. The van der Waals surface area contributed by atoms with Gasteiger partial charge in [-0.1, -0.05) is 25.5 Å². The Morgan fingerprint density at radius 1 is 1.29 bits per heavy atom. The maximum atomic E-state index is 6.09. The highest BCUT2D eigenvalue weighted by Gasteiger charge is 2.24. The van der Waals surface area contributed by atoms with Gasteiger partial charge in [0.2, 0.25) is 0 Å². The van der Waals surface area contributed by atoms with Crippen molar-refractivity contribution in [2.24, 2.45) is 11.7 Å². The Balaban J connectivity index is 1.81. The predicted molar refractivity (Wildman–Crippen MR) is 88.1 cm³/mol. The van der Waals surface area contributed by atoms with Crippen LogP contribution in [0.1, 0.15) is 37.8 Å². The molecule has 1 aliphatic heterocycles. The van der Waals surface area contributed by atoms with Crippen molar-refractivity contribution in [2.45, 2.75) is 32.2 Å². The van der Waals surface area contributed by atoms with E-state index in [9.17, 15) is 0 Å². The summed E-state index contributed by atoms with van der Waals surface area (Å²) in [5.41, 5.74) is 8.47. The molecule has 1 atom stereocenters. The Morgan fingerprint density at radius 2 is 2.10 bits per heavy atom. The largest absolute Gasteiger partial charge is 0.329 e. The Hall–Kier alpha value is -1.45. The first kappa shape index (κ1) is 14.5. The van der Waals surface area contributed by atoms with Crippen molar-refractivity contribution in [1.29, 1.82) is 0 Å². The van der Waals surface area contributed by atoms with Gasteiger partial charge in [0, 0.05) is 24.2 Å². The van der Waals surface area contributed by atoms with E-state index in [0.29, 0.717) is 12.6 Å². The molecular formula is C18H25N3. The number of hydrogen-bond donors (Lipinski definition) is 1. The van der Waals surface area contributed by atoms with Crippen LogP contribution >= 0.6 is 0 Å². The molecule has 1 aromatic carbocycles. The summed E-state index contributed by atoms with van der Waals surface area (Å²) in [5, 5.41) is 1.21. The molecule has 1 saturated heterocycles. The van der Waals surface area contributed by atoms with Crippen molar-refractivity contribution in [3.05, 3.63) is 42.1 Å². The second kappa shape index (κ2) is 6.54. The van der Waals surface area contributed by atoms with Crippen molar-refractivity contribution >= 4 is 10.9 Å². The van der Waals surface area contributed by atoms with Crippen LogP contribution in [0.25, 0.3) is 10.9 Å². The van der Waals surface area contributed by atoms with E-state index < -0.39 is 0 Å². The van der Waals surface area contributed by atoms with Gasteiger partial charge in [0.05, 0.1) is 5.52 Å². The molecule has 1 aliphatic rings. The molecule has 3 nitrogen and oxygen atoms in total. The maximum Gasteiger partial charge on any atom is 0.0702 e. The zero-order chi connectivity index (χ0) is 14.7. The van der Waals surface area contributed by atoms with Crippen LogP contribution in [0.3, 0.4) is 0 Å². The summed E-state index contributed by atoms with van der Waals surface area (Å²) in [4.78, 5) is 6.96. The van der Waals surface area contributed by atoms with Gasteiger partial charge < -0.3 is 5.73 Å². The van der Waals surface area contributed by atoms with E-state index in [1.807, 2.05) is 12.3 Å². The van der Waals surface area contributed by atoms with Gasteiger partial charge >= 0.3 is 0 Å². The van der Waals surface area contributed by atoms with Gasteiger partial charge in [-0.3, -0.25) is 9.88 Å². The Kier molecular flexibility index (Phi) is 4.51. The second-order valence-corrected chi connectivity index (χ2v) is 6.09. The highest BCUT2D eigenvalue weighted by molar-refractivity contribution is 5.79. The monoisotopic (exact) mass is 283 g/mol. The molecule has 0 aliphatic carbocycles. The average molecular weight is 283 g/mol. The van der Waals surface area contributed by atoms with E-state index in [2.05, 4.69) is 41.1 Å². The molecule has 0 radical (unpaired) electrons. The first-order valence-corrected chi connectivity index (χ1v) is 8.10. The van der Waals surface area contributed by atoms with E-state index in [4.69, 9.17) is 5.73 Å². The molecule has 3 rings (SSSR count). The number of pyridine rings is 1. The van der Waals surface area contributed by atoms with Crippen molar-refractivity contribution in [3.63, 3.8) is 0 Å². The quantitative estimate of drug-likeness (QED) is 0.935. The van der Waals surface area contributed by atoms with Crippen LogP contribution in [0.2, 0.25) is 0 Å². The van der Waals surface area contributed by atoms with Gasteiger partial charge in [-0.25, -0.2) is 0 Å². The molecule has 0 amide bonds. The average Bonchev–Trinajstić information content (AvgIpc) is 2.56. The number of hydrogen-bond acceptors (Lipinski definition) is 3. The lowest BCUT2D eigenvalue weighted by Gasteiger charge is -2.37. The van der Waals surface area contributed by atoms with Gasteiger partial charge in [-0.05, 0) is 55.6 Å². The minimum absolute atomic E-state index is 0.340. The summed E-state index contributed by atoms with van der Waals surface area (Å²) in [7, 11) is 0. The molecule has 2 aromatic rings. The molecule has 2 heterocycles. The fraction of sp³-hybridized carbons (Fsp3) is 0.500. The molecule has 1 unspecified atom stereocenters. The zero-order valence-electron chi connectivity index (χ0n) is 12.8. The molecule has 0 bridgehead atoms. The number of piperidine rings is 1. The van der Waals surface area contributed by atoms with Gasteiger partial charge in [0.15, 0.2) is 0 Å². The van der Waals surface area contributed by atoms with E-state index in [0.717, 1.165) is 11.4 Å². The van der Waals surface area contributed by atoms with Crippen LogP contribution in [0.5, 0.6) is 0 Å². The first-order chi connectivity index (χ1) is 10.3. The topological polar surface area (TPSA) is 42.1 Å². The van der Waals surface area contributed by atoms with Crippen LogP contribution in [0, 0.1) is 5.92 Å². The molecule has 0 spiro atoms. The van der Waals surface area contributed by atoms with E-state index in [-0.39, 0.29) is 0 Å². The van der Waals surface area contributed by atoms with Crippen molar-refractivity contribution in [1.82, 2.24) is 9.88 Å². The Labute approximate surface area is 127 Å². The minimum atomic E-state index is 0.340. The molecule has 1 fully saturated rings. The normalized spacial score (nSPS) is 19.0. The van der Waals surface area contributed by atoms with Gasteiger partial charge in [-0.2, -0.15) is 0 Å². The zero-order valence-corrected chi connectivity index (χ0v) is 12.8. The SMILES string of the molecule is CCC1CCN(C(CN)c2ccc3ncccc3c2)CC1. The molecule has 1 aromatic heterocycles. The summed E-state index contributed by atoms with van der Waals surface area (Å²) in [6.45, 7) is 5.33. The number of benzene rings is 1. The fourth-order valence-corrected chi connectivity index (χ4v) is 3.47. The summed E-state index contributed by atoms with van der Waals surface area (Å²) in [6.07, 6.45) is 5.77. The summed E-state index contributed by atoms with van der Waals surface area (Å²) >= 11 is 0. The minimum Gasteiger partial charge on any atom is -0.329 e. The second-order valence-electron chi connectivity index (χ2n) is 6.09. The van der Waals surface area contributed by atoms with E-state index in [1.54, 1.807) is 0 Å². The van der Waals surface area contributed by atoms with Crippen LogP contribution in [-0.2, 0) is 0 Å². The van der Waals surface area contributed by atoms with Gasteiger partial charge in [0.1, 0.15) is 0 Å².